The molecule has 0 fully saturated rings. The molecule has 1 rings (SSSR count). The second kappa shape index (κ2) is 6.99. The quantitative estimate of drug-likeness (QED) is 0.606. The van der Waals surface area contributed by atoms with Crippen LogP contribution >= 0.6 is 36.2 Å². The van der Waals surface area contributed by atoms with Crippen LogP contribution in [0.5, 0.6) is 0 Å². The van der Waals surface area contributed by atoms with Crippen molar-refractivity contribution < 1.29 is 0 Å². The van der Waals surface area contributed by atoms with Crippen molar-refractivity contribution in [1.29, 1.82) is 0 Å². The molecule has 0 aliphatic rings. The Balaban J connectivity index is 2.62. The number of benzene rings is 1. The van der Waals surface area contributed by atoms with Crippen LogP contribution in [0.2, 0.25) is 0 Å². The molecule has 1 aromatic carbocycles. The first kappa shape index (κ1) is 13.6. The molecule has 0 heterocycles. The molecule has 0 aliphatic carbocycles. The third kappa shape index (κ3) is 3.85. The molecule has 0 amide bonds. The molecular weight excluding hydrogens is 254 g/mol. The molecule has 0 spiro atoms. The van der Waals surface area contributed by atoms with Crippen molar-refractivity contribution in [2.45, 2.75) is 18.7 Å². The Morgan fingerprint density at radius 3 is 2.19 bits per heavy atom. The highest BCUT2D eigenvalue weighted by Gasteiger charge is 2.11. The van der Waals surface area contributed by atoms with Crippen molar-refractivity contribution in [3.05, 3.63) is 30.3 Å². The van der Waals surface area contributed by atoms with Crippen LogP contribution in [0.1, 0.15) is 13.8 Å². The lowest BCUT2D eigenvalue weighted by atomic mass is 10.4. The topological polar surface area (TPSA) is 3.24 Å². The highest BCUT2D eigenvalue weighted by Crippen LogP contribution is 2.20. The Labute approximate surface area is 112 Å². The molecule has 4 heteroatoms. The maximum atomic E-state index is 5.36. The highest BCUT2D eigenvalue weighted by molar-refractivity contribution is 8.26. The van der Waals surface area contributed by atoms with Gasteiger partial charge in [0.05, 0.1) is 0 Å². The number of rotatable bonds is 3. The van der Waals surface area contributed by atoms with Gasteiger partial charge in [-0.2, -0.15) is 0 Å². The third-order valence-electron chi connectivity index (χ3n) is 2.18. The summed E-state index contributed by atoms with van der Waals surface area (Å²) >= 11 is 12.3. The van der Waals surface area contributed by atoms with Gasteiger partial charge in [0, 0.05) is 18.0 Å². The third-order valence-corrected chi connectivity index (χ3v) is 4.23. The smallest absolute Gasteiger partial charge is 0.127 e. The fourth-order valence-electron chi connectivity index (χ4n) is 1.28. The number of thioether (sulfide) groups is 1. The zero-order valence-corrected chi connectivity index (χ0v) is 11.9. The SMILES string of the molecule is CCN(CC)C(=S)C(=S)Sc1ccccc1. The first-order chi connectivity index (χ1) is 7.69. The van der Waals surface area contributed by atoms with Gasteiger partial charge in [-0.25, -0.2) is 0 Å². The van der Waals surface area contributed by atoms with E-state index >= 15 is 0 Å². The maximum absolute atomic E-state index is 5.36. The van der Waals surface area contributed by atoms with E-state index in [0.717, 1.165) is 27.2 Å². The number of hydrogen-bond donors (Lipinski definition) is 0. The first-order valence-corrected chi connectivity index (χ1v) is 6.88. The van der Waals surface area contributed by atoms with E-state index in [9.17, 15) is 0 Å². The van der Waals surface area contributed by atoms with Gasteiger partial charge in [-0.1, -0.05) is 54.4 Å². The summed E-state index contributed by atoms with van der Waals surface area (Å²) in [5.74, 6) is 0. The van der Waals surface area contributed by atoms with E-state index in [-0.39, 0.29) is 0 Å². The summed E-state index contributed by atoms with van der Waals surface area (Å²) in [6, 6.07) is 10.1. The Hall–Kier alpha value is -0.450. The van der Waals surface area contributed by atoms with Gasteiger partial charge in [-0.3, -0.25) is 0 Å². The second-order valence-electron chi connectivity index (χ2n) is 3.18. The Kier molecular flexibility index (Phi) is 5.95. The fourth-order valence-corrected chi connectivity index (χ4v) is 2.80. The number of thiocarbonyl (C=S) groups is 2. The molecule has 0 saturated carbocycles. The van der Waals surface area contributed by atoms with Crippen LogP contribution in [0.15, 0.2) is 35.2 Å². The minimum Gasteiger partial charge on any atom is -0.362 e. The zero-order chi connectivity index (χ0) is 12.0. The molecule has 86 valence electrons. The van der Waals surface area contributed by atoms with E-state index in [1.165, 1.54) is 0 Å². The minimum atomic E-state index is 0.782. The molecule has 0 N–H and O–H groups in total. The monoisotopic (exact) mass is 269 g/mol. The summed E-state index contributed by atoms with van der Waals surface area (Å²) < 4.78 is 0.782. The second-order valence-corrected chi connectivity index (χ2v) is 5.32. The average Bonchev–Trinajstić information content (AvgIpc) is 2.31. The van der Waals surface area contributed by atoms with Gasteiger partial charge in [-0.15, -0.1) is 0 Å². The van der Waals surface area contributed by atoms with Gasteiger partial charge in [0.15, 0.2) is 0 Å². The zero-order valence-electron chi connectivity index (χ0n) is 9.47. The predicted octanol–water partition coefficient (Wildman–Crippen LogP) is 3.78. The Morgan fingerprint density at radius 2 is 1.69 bits per heavy atom. The lowest BCUT2D eigenvalue weighted by Gasteiger charge is -2.21. The van der Waals surface area contributed by atoms with Crippen molar-refractivity contribution in [2.75, 3.05) is 13.1 Å². The van der Waals surface area contributed by atoms with E-state index in [2.05, 4.69) is 18.7 Å². The molecule has 0 atom stereocenters. The van der Waals surface area contributed by atoms with Gasteiger partial charge in [0.2, 0.25) is 0 Å². The van der Waals surface area contributed by atoms with Crippen LogP contribution in [-0.4, -0.2) is 27.2 Å². The van der Waals surface area contributed by atoms with Gasteiger partial charge in [0.1, 0.15) is 9.19 Å². The molecule has 1 aromatic rings. The highest BCUT2D eigenvalue weighted by atomic mass is 32.2. The minimum absolute atomic E-state index is 0.782. The molecule has 0 bridgehead atoms. The van der Waals surface area contributed by atoms with Gasteiger partial charge >= 0.3 is 0 Å². The van der Waals surface area contributed by atoms with Crippen LogP contribution in [0.3, 0.4) is 0 Å². The summed E-state index contributed by atoms with van der Waals surface area (Å²) in [4.78, 5) is 4.03. The van der Waals surface area contributed by atoms with Crippen LogP contribution in [0.4, 0.5) is 0 Å². The normalized spacial score (nSPS) is 9.88. The molecule has 0 saturated heterocycles. The molecule has 1 nitrogen and oxygen atoms in total. The molecule has 0 unspecified atom stereocenters. The van der Waals surface area contributed by atoms with Crippen molar-refractivity contribution >= 4 is 45.4 Å². The van der Waals surface area contributed by atoms with Crippen molar-refractivity contribution in [3.63, 3.8) is 0 Å². The van der Waals surface area contributed by atoms with Crippen LogP contribution in [0, 0.1) is 0 Å². The summed E-state index contributed by atoms with van der Waals surface area (Å²) in [5.41, 5.74) is 0. The van der Waals surface area contributed by atoms with Crippen LogP contribution in [-0.2, 0) is 0 Å². The number of hydrogen-bond acceptors (Lipinski definition) is 3. The summed E-state index contributed by atoms with van der Waals surface area (Å²) in [5, 5.41) is 0. The molecular formula is C12H15NS3. The maximum Gasteiger partial charge on any atom is 0.127 e. The molecule has 0 aromatic heterocycles. The standard InChI is InChI=1S/C12H15NS3/c1-3-13(4-2)11(14)12(15)16-10-8-6-5-7-9-10/h5-9H,3-4H2,1-2H3. The van der Waals surface area contributed by atoms with Crippen LogP contribution in [0.25, 0.3) is 0 Å². The summed E-state index contributed by atoms with van der Waals surface area (Å²) in [6.45, 7) is 5.99. The summed E-state index contributed by atoms with van der Waals surface area (Å²) in [6.07, 6.45) is 0. The van der Waals surface area contributed by atoms with Crippen molar-refractivity contribution in [2.24, 2.45) is 0 Å². The van der Waals surface area contributed by atoms with E-state index in [1.807, 2.05) is 30.3 Å². The Morgan fingerprint density at radius 1 is 1.12 bits per heavy atom. The lowest BCUT2D eigenvalue weighted by Crippen LogP contribution is -2.32. The van der Waals surface area contributed by atoms with E-state index in [0.29, 0.717) is 0 Å². The van der Waals surface area contributed by atoms with E-state index in [1.54, 1.807) is 11.8 Å². The van der Waals surface area contributed by atoms with E-state index < -0.39 is 0 Å². The van der Waals surface area contributed by atoms with Crippen molar-refractivity contribution in [3.8, 4) is 0 Å². The van der Waals surface area contributed by atoms with Gasteiger partial charge < -0.3 is 4.90 Å². The molecule has 0 radical (unpaired) electrons. The fraction of sp³-hybridized carbons (Fsp3) is 0.333. The first-order valence-electron chi connectivity index (χ1n) is 5.25. The van der Waals surface area contributed by atoms with E-state index in [4.69, 9.17) is 24.4 Å². The van der Waals surface area contributed by atoms with Crippen molar-refractivity contribution in [1.82, 2.24) is 4.90 Å². The lowest BCUT2D eigenvalue weighted by molar-refractivity contribution is 0.480. The molecule has 16 heavy (non-hydrogen) atoms. The van der Waals surface area contributed by atoms with Crippen LogP contribution < -0.4 is 0 Å². The summed E-state index contributed by atoms with van der Waals surface area (Å²) in [7, 11) is 0. The number of nitrogens with zero attached hydrogens (tertiary/aromatic N) is 1. The van der Waals surface area contributed by atoms with Gasteiger partial charge in [0.25, 0.3) is 0 Å². The average molecular weight is 269 g/mol. The Bertz CT molecular complexity index is 358. The predicted molar refractivity (Wildman–Crippen MR) is 80.4 cm³/mol. The largest absolute Gasteiger partial charge is 0.362 e. The van der Waals surface area contributed by atoms with Gasteiger partial charge in [-0.05, 0) is 26.0 Å². The molecule has 0 aliphatic heterocycles.